The van der Waals surface area contributed by atoms with Crippen LogP contribution in [-0.4, -0.2) is 0 Å². The van der Waals surface area contributed by atoms with Crippen LogP contribution < -0.4 is 0 Å². The van der Waals surface area contributed by atoms with E-state index in [-0.39, 0.29) is 0 Å². The molecular formula is C27H19BrO. The lowest BCUT2D eigenvalue weighted by Gasteiger charge is -2.15. The van der Waals surface area contributed by atoms with Crippen LogP contribution in [0.25, 0.3) is 38.6 Å². The minimum absolute atomic E-state index is 0.886. The zero-order valence-corrected chi connectivity index (χ0v) is 17.7. The quantitative estimate of drug-likeness (QED) is 0.275. The molecule has 140 valence electrons. The van der Waals surface area contributed by atoms with Crippen LogP contribution in [0.15, 0.2) is 100 Å². The summed E-state index contributed by atoms with van der Waals surface area (Å²) in [7, 11) is 0. The highest BCUT2D eigenvalue weighted by atomic mass is 79.9. The standard InChI is InChI=1S/C27H19BrO/c1-17-8-3-4-9-20(17)25-16-19(28)14-15-21(25)18(2)22-11-7-12-24-23-10-5-6-13-26(23)29-27(22)24/h3-16H,2H2,1H3. The van der Waals surface area contributed by atoms with E-state index in [1.807, 2.05) is 18.2 Å². The summed E-state index contributed by atoms with van der Waals surface area (Å²) in [6.45, 7) is 6.63. The van der Waals surface area contributed by atoms with Gasteiger partial charge in [-0.2, -0.15) is 0 Å². The van der Waals surface area contributed by atoms with Crippen LogP contribution in [0.3, 0.4) is 0 Å². The van der Waals surface area contributed by atoms with Gasteiger partial charge in [0.2, 0.25) is 0 Å². The highest BCUT2D eigenvalue weighted by Crippen LogP contribution is 2.39. The van der Waals surface area contributed by atoms with Gasteiger partial charge in [-0.1, -0.05) is 89.2 Å². The van der Waals surface area contributed by atoms with E-state index in [0.717, 1.165) is 48.7 Å². The normalized spacial score (nSPS) is 11.2. The van der Waals surface area contributed by atoms with Crippen molar-refractivity contribution in [3.8, 4) is 11.1 Å². The number of hydrogen-bond acceptors (Lipinski definition) is 1. The van der Waals surface area contributed by atoms with Crippen LogP contribution >= 0.6 is 15.9 Å². The molecule has 5 rings (SSSR count). The van der Waals surface area contributed by atoms with Gasteiger partial charge in [-0.3, -0.25) is 0 Å². The molecule has 0 radical (unpaired) electrons. The number of fused-ring (bicyclic) bond motifs is 3. The van der Waals surface area contributed by atoms with Gasteiger partial charge in [0.15, 0.2) is 0 Å². The van der Waals surface area contributed by atoms with Crippen molar-refractivity contribution < 1.29 is 4.42 Å². The molecule has 29 heavy (non-hydrogen) atoms. The average molecular weight is 439 g/mol. The maximum Gasteiger partial charge on any atom is 0.143 e. The van der Waals surface area contributed by atoms with E-state index < -0.39 is 0 Å². The third-order valence-corrected chi connectivity index (χ3v) is 5.96. The van der Waals surface area contributed by atoms with Gasteiger partial charge in [-0.25, -0.2) is 0 Å². The molecule has 0 aliphatic rings. The third-order valence-electron chi connectivity index (χ3n) is 5.47. The zero-order chi connectivity index (χ0) is 20.0. The predicted octanol–water partition coefficient (Wildman–Crippen LogP) is 8.39. The number of furan rings is 1. The van der Waals surface area contributed by atoms with E-state index in [4.69, 9.17) is 4.42 Å². The second-order valence-corrected chi connectivity index (χ2v) is 8.18. The van der Waals surface area contributed by atoms with Crippen molar-refractivity contribution in [2.45, 2.75) is 6.92 Å². The van der Waals surface area contributed by atoms with Crippen LogP contribution in [0.2, 0.25) is 0 Å². The van der Waals surface area contributed by atoms with E-state index in [1.54, 1.807) is 0 Å². The zero-order valence-electron chi connectivity index (χ0n) is 16.1. The van der Waals surface area contributed by atoms with E-state index >= 15 is 0 Å². The molecule has 1 heterocycles. The predicted molar refractivity (Wildman–Crippen MR) is 126 cm³/mol. The Labute approximate surface area is 178 Å². The van der Waals surface area contributed by atoms with Gasteiger partial charge >= 0.3 is 0 Å². The Kier molecular flexibility index (Phi) is 4.37. The molecule has 0 saturated heterocycles. The lowest BCUT2D eigenvalue weighted by atomic mass is 9.89. The third kappa shape index (κ3) is 3.01. The molecule has 0 amide bonds. The summed E-state index contributed by atoms with van der Waals surface area (Å²) in [6.07, 6.45) is 0. The molecule has 0 spiro atoms. The summed E-state index contributed by atoms with van der Waals surface area (Å²) in [5, 5.41) is 2.25. The van der Waals surface area contributed by atoms with Gasteiger partial charge in [0.25, 0.3) is 0 Å². The fraction of sp³-hybridized carbons (Fsp3) is 0.0370. The summed E-state index contributed by atoms with van der Waals surface area (Å²) >= 11 is 3.64. The molecule has 5 aromatic rings. The van der Waals surface area contributed by atoms with Gasteiger partial charge in [0.1, 0.15) is 11.2 Å². The highest BCUT2D eigenvalue weighted by Gasteiger charge is 2.17. The van der Waals surface area contributed by atoms with Gasteiger partial charge in [0, 0.05) is 20.8 Å². The first-order valence-corrected chi connectivity index (χ1v) is 10.4. The molecule has 0 saturated carbocycles. The smallest absolute Gasteiger partial charge is 0.143 e. The van der Waals surface area contributed by atoms with Crippen molar-refractivity contribution in [1.82, 2.24) is 0 Å². The van der Waals surface area contributed by atoms with E-state index in [9.17, 15) is 0 Å². The molecular weight excluding hydrogens is 420 g/mol. The van der Waals surface area contributed by atoms with Crippen LogP contribution in [-0.2, 0) is 0 Å². The molecule has 2 heteroatoms. The molecule has 0 fully saturated rings. The second-order valence-electron chi connectivity index (χ2n) is 7.26. The van der Waals surface area contributed by atoms with Gasteiger partial charge in [0.05, 0.1) is 0 Å². The maximum absolute atomic E-state index is 6.25. The second kappa shape index (κ2) is 7.06. The van der Waals surface area contributed by atoms with Gasteiger partial charge < -0.3 is 4.42 Å². The minimum atomic E-state index is 0.886. The van der Waals surface area contributed by atoms with E-state index in [1.165, 1.54) is 11.1 Å². The monoisotopic (exact) mass is 438 g/mol. The lowest BCUT2D eigenvalue weighted by molar-refractivity contribution is 0.668. The Bertz CT molecular complexity index is 1390. The molecule has 1 nitrogen and oxygen atoms in total. The highest BCUT2D eigenvalue weighted by molar-refractivity contribution is 9.10. The number of para-hydroxylation sites is 2. The number of benzene rings is 4. The molecule has 0 atom stereocenters. The first-order valence-electron chi connectivity index (χ1n) is 9.59. The first-order chi connectivity index (χ1) is 14.1. The summed E-state index contributed by atoms with van der Waals surface area (Å²) in [4.78, 5) is 0. The van der Waals surface area contributed by atoms with Gasteiger partial charge in [-0.05, 0) is 52.9 Å². The Hall–Kier alpha value is -3.10. The van der Waals surface area contributed by atoms with Crippen LogP contribution in [0.1, 0.15) is 16.7 Å². The Morgan fingerprint density at radius 3 is 2.38 bits per heavy atom. The fourth-order valence-corrected chi connectivity index (χ4v) is 4.37. The number of hydrogen-bond donors (Lipinski definition) is 0. The van der Waals surface area contributed by atoms with Crippen molar-refractivity contribution in [2.75, 3.05) is 0 Å². The van der Waals surface area contributed by atoms with Crippen molar-refractivity contribution in [3.63, 3.8) is 0 Å². The Morgan fingerprint density at radius 2 is 1.52 bits per heavy atom. The van der Waals surface area contributed by atoms with Crippen LogP contribution in [0.5, 0.6) is 0 Å². The Balaban J connectivity index is 1.74. The summed E-state index contributed by atoms with van der Waals surface area (Å²) in [5.74, 6) is 0. The fourth-order valence-electron chi connectivity index (χ4n) is 4.01. The number of rotatable bonds is 3. The lowest BCUT2D eigenvalue weighted by Crippen LogP contribution is -1.93. The van der Waals surface area contributed by atoms with E-state index in [0.29, 0.717) is 0 Å². The van der Waals surface area contributed by atoms with Crippen LogP contribution in [0, 0.1) is 6.92 Å². The summed E-state index contributed by atoms with van der Waals surface area (Å²) in [5.41, 5.74) is 8.49. The molecule has 1 aromatic heterocycles. The molecule has 4 aromatic carbocycles. The SMILES string of the molecule is C=C(c1ccc(Br)cc1-c1ccccc1C)c1cccc2c1oc1ccccc12. The van der Waals surface area contributed by atoms with Crippen molar-refractivity contribution in [1.29, 1.82) is 0 Å². The molecule has 0 N–H and O–H groups in total. The van der Waals surface area contributed by atoms with Gasteiger partial charge in [-0.15, -0.1) is 0 Å². The first kappa shape index (κ1) is 18.0. The van der Waals surface area contributed by atoms with E-state index in [2.05, 4.69) is 96.2 Å². The van der Waals surface area contributed by atoms with Crippen molar-refractivity contribution >= 4 is 43.4 Å². The van der Waals surface area contributed by atoms with Crippen LogP contribution in [0.4, 0.5) is 0 Å². The number of halogens is 1. The summed E-state index contributed by atoms with van der Waals surface area (Å²) < 4.78 is 7.30. The summed E-state index contributed by atoms with van der Waals surface area (Å²) in [6, 6.07) is 29.3. The topological polar surface area (TPSA) is 13.1 Å². The molecule has 0 bridgehead atoms. The number of aryl methyl sites for hydroxylation is 1. The molecule has 0 unspecified atom stereocenters. The Morgan fingerprint density at radius 1 is 0.759 bits per heavy atom. The molecule has 0 aliphatic heterocycles. The molecule has 0 aliphatic carbocycles. The minimum Gasteiger partial charge on any atom is -0.455 e. The van der Waals surface area contributed by atoms with Crippen molar-refractivity contribution in [3.05, 3.63) is 113 Å². The van der Waals surface area contributed by atoms with Crippen molar-refractivity contribution in [2.24, 2.45) is 0 Å². The maximum atomic E-state index is 6.25. The largest absolute Gasteiger partial charge is 0.455 e. The average Bonchev–Trinajstić information content (AvgIpc) is 3.12.